The number of carbonyl (C=O) groups excluding carboxylic acids is 1. The molecule has 0 aliphatic heterocycles. The van der Waals surface area contributed by atoms with Crippen molar-refractivity contribution in [2.45, 2.75) is 25.8 Å². The van der Waals surface area contributed by atoms with Crippen LogP contribution in [0.25, 0.3) is 11.0 Å². The van der Waals surface area contributed by atoms with Gasteiger partial charge in [0.15, 0.2) is 0 Å². The number of benzene rings is 1. The predicted octanol–water partition coefficient (Wildman–Crippen LogP) is 2.33. The zero-order valence-corrected chi connectivity index (χ0v) is 12.7. The van der Waals surface area contributed by atoms with Crippen LogP contribution in [-0.2, 0) is 0 Å². The fraction of sp³-hybridized carbons (Fsp3) is 0.294. The Morgan fingerprint density at radius 2 is 2.18 bits per heavy atom. The van der Waals surface area contributed by atoms with Gasteiger partial charge >= 0.3 is 5.63 Å². The highest BCUT2D eigenvalue weighted by molar-refractivity contribution is 5.97. The molecule has 0 bridgehead atoms. The minimum absolute atomic E-state index is 0.0873. The highest BCUT2D eigenvalue weighted by Gasteiger charge is 2.24. The Bertz CT molecular complexity index is 815. The zero-order chi connectivity index (χ0) is 16.3. The number of ether oxygens (including phenoxy) is 1. The number of methoxy groups -OCH3 is 1. The van der Waals surface area contributed by atoms with Crippen molar-refractivity contribution in [3.05, 3.63) is 40.2 Å². The van der Waals surface area contributed by atoms with Crippen LogP contribution in [-0.4, -0.2) is 18.6 Å². The lowest BCUT2D eigenvalue weighted by Crippen LogP contribution is -2.45. The van der Waals surface area contributed by atoms with E-state index in [4.69, 9.17) is 15.6 Å². The number of terminal acetylenes is 1. The largest absolute Gasteiger partial charge is 0.497 e. The van der Waals surface area contributed by atoms with Gasteiger partial charge in [-0.2, -0.15) is 0 Å². The molecule has 22 heavy (non-hydrogen) atoms. The second kappa shape index (κ2) is 5.94. The van der Waals surface area contributed by atoms with Crippen molar-refractivity contribution in [1.82, 2.24) is 5.32 Å². The molecule has 114 valence electrons. The van der Waals surface area contributed by atoms with Crippen molar-refractivity contribution in [2.24, 2.45) is 0 Å². The molecule has 0 aliphatic carbocycles. The maximum absolute atomic E-state index is 12.3. The van der Waals surface area contributed by atoms with Crippen LogP contribution in [0.2, 0.25) is 0 Å². The first-order valence-corrected chi connectivity index (χ1v) is 6.84. The fourth-order valence-corrected chi connectivity index (χ4v) is 1.93. The summed E-state index contributed by atoms with van der Waals surface area (Å²) in [5, 5.41) is 3.28. The van der Waals surface area contributed by atoms with Gasteiger partial charge in [0.1, 0.15) is 16.9 Å². The summed E-state index contributed by atoms with van der Waals surface area (Å²) in [6, 6.07) is 6.47. The van der Waals surface area contributed by atoms with Gasteiger partial charge in [-0.15, -0.1) is 6.42 Å². The monoisotopic (exact) mass is 299 g/mol. The Morgan fingerprint density at radius 3 is 2.77 bits per heavy atom. The van der Waals surface area contributed by atoms with E-state index < -0.39 is 17.1 Å². The molecule has 0 aliphatic rings. The summed E-state index contributed by atoms with van der Waals surface area (Å²) in [7, 11) is 1.54. The van der Waals surface area contributed by atoms with Gasteiger partial charge < -0.3 is 14.5 Å². The quantitative estimate of drug-likeness (QED) is 0.695. The van der Waals surface area contributed by atoms with Crippen molar-refractivity contribution in [1.29, 1.82) is 0 Å². The van der Waals surface area contributed by atoms with Gasteiger partial charge in [-0.1, -0.05) is 12.8 Å². The van der Waals surface area contributed by atoms with E-state index in [1.165, 1.54) is 13.2 Å². The molecule has 0 spiro atoms. The summed E-state index contributed by atoms with van der Waals surface area (Å²) < 4.78 is 10.3. The Morgan fingerprint density at radius 1 is 1.45 bits per heavy atom. The molecule has 2 rings (SSSR count). The molecule has 1 N–H and O–H groups in total. The van der Waals surface area contributed by atoms with Crippen LogP contribution in [0, 0.1) is 12.3 Å². The molecule has 5 heteroatoms. The van der Waals surface area contributed by atoms with Gasteiger partial charge in [0.05, 0.1) is 12.6 Å². The summed E-state index contributed by atoms with van der Waals surface area (Å²) in [6.45, 7) is 3.57. The summed E-state index contributed by atoms with van der Waals surface area (Å²) in [5.74, 6) is 2.57. The maximum atomic E-state index is 12.3. The number of carbonyl (C=O) groups is 1. The van der Waals surface area contributed by atoms with Crippen molar-refractivity contribution < 1.29 is 13.9 Å². The summed E-state index contributed by atoms with van der Waals surface area (Å²) in [5.41, 5.74) is -1.22. The molecule has 1 aromatic carbocycles. The van der Waals surface area contributed by atoms with Crippen LogP contribution in [0.15, 0.2) is 33.5 Å². The van der Waals surface area contributed by atoms with Crippen LogP contribution in [0.4, 0.5) is 0 Å². The number of fused-ring (bicyclic) bond motifs is 1. The Labute approximate surface area is 128 Å². The average Bonchev–Trinajstić information content (AvgIpc) is 2.53. The average molecular weight is 299 g/mol. The molecule has 1 heterocycles. The van der Waals surface area contributed by atoms with Crippen LogP contribution in [0.3, 0.4) is 0 Å². The van der Waals surface area contributed by atoms with E-state index in [1.54, 1.807) is 25.1 Å². The second-order valence-corrected chi connectivity index (χ2v) is 5.14. The molecular weight excluding hydrogens is 282 g/mol. The third-order valence-electron chi connectivity index (χ3n) is 3.60. The molecule has 0 fully saturated rings. The van der Waals surface area contributed by atoms with Crippen LogP contribution in [0.5, 0.6) is 5.75 Å². The Hall–Kier alpha value is -2.74. The zero-order valence-electron chi connectivity index (χ0n) is 12.7. The van der Waals surface area contributed by atoms with E-state index in [1.807, 2.05) is 6.92 Å². The topological polar surface area (TPSA) is 68.5 Å². The lowest BCUT2D eigenvalue weighted by atomic mass is 9.99. The third kappa shape index (κ3) is 2.96. The number of hydrogen-bond acceptors (Lipinski definition) is 4. The highest BCUT2D eigenvalue weighted by Crippen LogP contribution is 2.20. The van der Waals surface area contributed by atoms with E-state index in [0.29, 0.717) is 23.1 Å². The van der Waals surface area contributed by atoms with Gasteiger partial charge in [0, 0.05) is 5.39 Å². The minimum Gasteiger partial charge on any atom is -0.497 e. The molecule has 0 radical (unpaired) electrons. The van der Waals surface area contributed by atoms with Crippen molar-refractivity contribution in [3.8, 4) is 18.1 Å². The minimum atomic E-state index is -0.813. The third-order valence-corrected chi connectivity index (χ3v) is 3.60. The van der Waals surface area contributed by atoms with Gasteiger partial charge in [0.25, 0.3) is 5.91 Å². The normalized spacial score (nSPS) is 13.2. The fourth-order valence-electron chi connectivity index (χ4n) is 1.93. The van der Waals surface area contributed by atoms with E-state index in [2.05, 4.69) is 11.2 Å². The molecule has 1 aromatic heterocycles. The van der Waals surface area contributed by atoms with E-state index in [0.717, 1.165) is 0 Å². The van der Waals surface area contributed by atoms with Gasteiger partial charge in [0.2, 0.25) is 0 Å². The van der Waals surface area contributed by atoms with Crippen LogP contribution in [0.1, 0.15) is 30.6 Å². The summed E-state index contributed by atoms with van der Waals surface area (Å²) in [4.78, 5) is 24.3. The smallest absolute Gasteiger partial charge is 0.349 e. The summed E-state index contributed by atoms with van der Waals surface area (Å²) in [6.07, 6.45) is 5.97. The van der Waals surface area contributed by atoms with E-state index in [9.17, 15) is 9.59 Å². The molecule has 0 saturated heterocycles. The summed E-state index contributed by atoms with van der Waals surface area (Å²) >= 11 is 0. The first-order valence-electron chi connectivity index (χ1n) is 6.84. The van der Waals surface area contributed by atoms with Crippen molar-refractivity contribution >= 4 is 16.9 Å². The standard InChI is InChI=1S/C17H17NO4/c1-5-17(3,6-2)18-15(19)13-10-11-9-12(21-4)7-8-14(11)22-16(13)20/h1,7-10H,6H2,2-4H3,(H,18,19)/t17-/m1/s1. The molecule has 0 saturated carbocycles. The Balaban J connectivity index is 2.47. The van der Waals surface area contributed by atoms with Crippen LogP contribution >= 0.6 is 0 Å². The molecular formula is C17H17NO4. The van der Waals surface area contributed by atoms with Gasteiger partial charge in [-0.05, 0) is 37.6 Å². The number of rotatable bonds is 4. The van der Waals surface area contributed by atoms with E-state index in [-0.39, 0.29) is 5.56 Å². The van der Waals surface area contributed by atoms with Crippen molar-refractivity contribution in [3.63, 3.8) is 0 Å². The first-order chi connectivity index (χ1) is 10.4. The predicted molar refractivity (Wildman–Crippen MR) is 84.0 cm³/mol. The SMILES string of the molecule is C#C[C@](C)(CC)NC(=O)c1cc2cc(OC)ccc2oc1=O. The molecule has 1 atom stereocenters. The van der Waals surface area contributed by atoms with Gasteiger partial charge in [-0.25, -0.2) is 4.79 Å². The molecule has 5 nitrogen and oxygen atoms in total. The number of nitrogens with one attached hydrogen (secondary N) is 1. The van der Waals surface area contributed by atoms with E-state index >= 15 is 0 Å². The lowest BCUT2D eigenvalue weighted by molar-refractivity contribution is 0.0920. The number of amides is 1. The van der Waals surface area contributed by atoms with Crippen LogP contribution < -0.4 is 15.7 Å². The molecule has 2 aromatic rings. The highest BCUT2D eigenvalue weighted by atomic mass is 16.5. The van der Waals surface area contributed by atoms with Crippen molar-refractivity contribution in [2.75, 3.05) is 7.11 Å². The maximum Gasteiger partial charge on any atom is 0.349 e. The Kier molecular flexibility index (Phi) is 4.22. The molecule has 1 amide bonds. The van der Waals surface area contributed by atoms with Gasteiger partial charge in [-0.3, -0.25) is 4.79 Å². The number of hydrogen-bond donors (Lipinski definition) is 1. The molecule has 0 unspecified atom stereocenters. The second-order valence-electron chi connectivity index (χ2n) is 5.14. The first kappa shape index (κ1) is 15.6. The lowest BCUT2D eigenvalue weighted by Gasteiger charge is -2.23.